The van der Waals surface area contributed by atoms with E-state index in [2.05, 4.69) is 43.8 Å². The van der Waals surface area contributed by atoms with E-state index < -0.39 is 17.7 Å². The van der Waals surface area contributed by atoms with Gasteiger partial charge < -0.3 is 31.3 Å². The van der Waals surface area contributed by atoms with Gasteiger partial charge in [0.05, 0.1) is 38.1 Å². The van der Waals surface area contributed by atoms with Crippen LogP contribution in [-0.4, -0.2) is 105 Å². The number of ketones is 3. The number of aryl methyl sites for hydroxylation is 5. The number of H-pyrrole nitrogens is 1. The van der Waals surface area contributed by atoms with Gasteiger partial charge in [0.1, 0.15) is 23.3 Å². The van der Waals surface area contributed by atoms with E-state index in [4.69, 9.17) is 31.9 Å². The molecule has 9 N–H and O–H groups in total. The molecule has 9 rings (SSSR count). The van der Waals surface area contributed by atoms with Crippen molar-refractivity contribution in [2.75, 3.05) is 20.0 Å². The SMILES string of the molecule is CC(C)c1cc(C(=O)O)nc2c3c(nn12)CCCC3.COC(=O)C(=O)CC(=O)C(C)C.COC(=O)c1cc(C(C)C)n2nc3c(c2n1)CCCC3.N#CC1CCCCC1=O.N=N.Nc1n[nH]c2c1CCCC2.O.[HH].[Li+].[OH-]. The molecule has 0 bridgehead atoms. The van der Waals surface area contributed by atoms with Crippen LogP contribution in [-0.2, 0) is 67.2 Å². The Morgan fingerprint density at radius 1 is 0.773 bits per heavy atom. The van der Waals surface area contributed by atoms with Gasteiger partial charge in [0, 0.05) is 47.5 Å². The first kappa shape index (κ1) is 66.3. The third-order valence-corrected chi connectivity index (χ3v) is 12.8. The van der Waals surface area contributed by atoms with Gasteiger partial charge in [-0.1, -0.05) is 48.0 Å². The number of rotatable bonds is 8. The molecule has 75 heavy (non-hydrogen) atoms. The topological polar surface area (TPSA) is 389 Å². The van der Waals surface area contributed by atoms with Crippen molar-refractivity contribution in [3.63, 3.8) is 0 Å². The zero-order chi connectivity index (χ0) is 53.2. The Hall–Kier alpha value is -6.72. The summed E-state index contributed by atoms with van der Waals surface area (Å²) in [5.41, 5.74) is 26.6. The Balaban J connectivity index is 0.000000936. The van der Waals surface area contributed by atoms with Crippen molar-refractivity contribution in [1.82, 2.24) is 39.4 Å². The second-order valence-corrected chi connectivity index (χ2v) is 18.9. The Bertz CT molecular complexity index is 2780. The molecule has 5 aromatic heterocycles. The molecule has 1 fully saturated rings. The van der Waals surface area contributed by atoms with Gasteiger partial charge in [-0.15, -0.1) is 0 Å². The monoisotopic (exact) mass is 1040 g/mol. The van der Waals surface area contributed by atoms with Crippen molar-refractivity contribution in [1.29, 1.82) is 16.3 Å². The van der Waals surface area contributed by atoms with Crippen LogP contribution < -0.4 is 24.6 Å². The van der Waals surface area contributed by atoms with E-state index in [0.29, 0.717) is 17.9 Å². The third kappa shape index (κ3) is 17.4. The molecule has 1 saturated carbocycles. The summed E-state index contributed by atoms with van der Waals surface area (Å²) in [4.78, 5) is 74.9. The number of carbonyl (C=O) groups excluding carboxylic acids is 5. The molecule has 23 nitrogen and oxygen atoms in total. The van der Waals surface area contributed by atoms with E-state index in [1.807, 2.05) is 28.9 Å². The smallest absolute Gasteiger partial charge is 0.870 e. The van der Waals surface area contributed by atoms with Gasteiger partial charge in [0.2, 0.25) is 5.78 Å². The molecular weight excluding hydrogens is 964 g/mol. The number of nitriles is 1. The largest absolute Gasteiger partial charge is 1.00 e. The first-order valence-corrected chi connectivity index (χ1v) is 24.7. The predicted molar refractivity (Wildman–Crippen MR) is 273 cm³/mol. The summed E-state index contributed by atoms with van der Waals surface area (Å²) >= 11 is 0. The number of nitrogen functional groups attached to an aromatic ring is 1. The van der Waals surface area contributed by atoms with Crippen LogP contribution in [0.5, 0.6) is 0 Å². The summed E-state index contributed by atoms with van der Waals surface area (Å²) < 4.78 is 12.7. The number of esters is 2. The van der Waals surface area contributed by atoms with Crippen LogP contribution in [0.4, 0.5) is 5.82 Å². The molecule has 1 unspecified atom stereocenters. The summed E-state index contributed by atoms with van der Waals surface area (Å²) in [7, 11) is 2.50. The number of nitrogens with zero attached hydrogens (tertiary/aromatic N) is 8. The average Bonchev–Trinajstić information content (AvgIpc) is 4.09. The molecule has 0 radical (unpaired) electrons. The number of ether oxygens (including phenoxy) is 2. The van der Waals surface area contributed by atoms with E-state index in [-0.39, 0.29) is 84.6 Å². The van der Waals surface area contributed by atoms with Crippen molar-refractivity contribution in [2.24, 2.45) is 11.8 Å². The van der Waals surface area contributed by atoms with Crippen LogP contribution in [0.1, 0.15) is 192 Å². The number of Topliss-reactive ketones (excluding diaryl/α,β-unsaturated/α-hetero) is 3. The Morgan fingerprint density at radius 2 is 1.24 bits per heavy atom. The van der Waals surface area contributed by atoms with Gasteiger partial charge in [-0.3, -0.25) is 19.5 Å². The number of fused-ring (bicyclic) bond motifs is 7. The standard InChI is InChI=1S/C15H19N3O2.C14H17N3O2.C8H12O4.C7H11N3.C7H9NO.Li.H2N2.2H2O.H2/c1-9(2)13-8-12(15(19)20-3)16-14-10-6-4-5-7-11(10)17-18(13)14;1-8(2)12-7-11(14(18)19)15-13-9-5-3-4-6-10(9)16-17(12)13;1-5(2)6(9)4-7(10)8(11)12-3;8-7-5-3-1-2-4-6(5)9-10-7;8-5-6-3-1-2-4-7(6)9;;1-2;;;/h8-9H,4-7H2,1-3H3;7-8H,3-6H2,1-2H3,(H,18,19);5H,4H2,1-3H3;1-4H2,(H3,8,9,10);6H,1-4H2;;1-2H;2*1H2;1H/q;;;;;+1;;;;/p-1. The van der Waals surface area contributed by atoms with E-state index in [9.17, 15) is 33.9 Å². The fourth-order valence-corrected chi connectivity index (χ4v) is 8.67. The van der Waals surface area contributed by atoms with Crippen LogP contribution in [0.3, 0.4) is 0 Å². The Kier molecular flexibility index (Phi) is 28.2. The van der Waals surface area contributed by atoms with Crippen molar-refractivity contribution in [2.45, 2.75) is 163 Å². The second kappa shape index (κ2) is 31.9. The van der Waals surface area contributed by atoms with E-state index in [1.54, 1.807) is 26.0 Å². The van der Waals surface area contributed by atoms with Crippen LogP contribution >= 0.6 is 0 Å². The molecule has 0 saturated heterocycles. The summed E-state index contributed by atoms with van der Waals surface area (Å²) in [5, 5.41) is 33.8. The Morgan fingerprint density at radius 3 is 1.67 bits per heavy atom. The van der Waals surface area contributed by atoms with Crippen molar-refractivity contribution < 1.29 is 74.6 Å². The molecule has 5 aromatic rings. The molecular formula is C51H75LiN12O11. The molecule has 406 valence electrons. The molecule has 0 aliphatic heterocycles. The number of carbonyl (C=O) groups is 6. The minimum atomic E-state index is -0.977. The summed E-state index contributed by atoms with van der Waals surface area (Å²) in [6, 6.07) is 5.44. The zero-order valence-corrected chi connectivity index (χ0v) is 44.8. The van der Waals surface area contributed by atoms with Crippen molar-refractivity contribution in [3.8, 4) is 6.07 Å². The minimum absolute atomic E-state index is 0. The number of aromatic amines is 1. The summed E-state index contributed by atoms with van der Waals surface area (Å²) in [6.45, 7) is 11.6. The number of carboxylic acid groups (broad SMARTS) is 1. The number of nitrogens with two attached hydrogens (primary N) is 1. The number of nitrogens with one attached hydrogen (secondary N) is 3. The fourth-order valence-electron chi connectivity index (χ4n) is 8.67. The summed E-state index contributed by atoms with van der Waals surface area (Å²) in [6.07, 6.45) is 16.4. The number of anilines is 1. The number of aromatic carboxylic acids is 1. The number of carboxylic acids is 1. The number of hydrogen-bond acceptors (Lipinski definition) is 18. The first-order chi connectivity index (χ1) is 34.4. The van der Waals surface area contributed by atoms with Crippen molar-refractivity contribution >= 4 is 52.4 Å². The maximum absolute atomic E-state index is 11.8. The molecule has 1 atom stereocenters. The van der Waals surface area contributed by atoms with Gasteiger partial charge in [-0.25, -0.2) is 44.4 Å². The molecule has 0 amide bonds. The van der Waals surface area contributed by atoms with Crippen LogP contribution in [0.15, 0.2) is 12.1 Å². The van der Waals surface area contributed by atoms with Crippen LogP contribution in [0.25, 0.3) is 11.3 Å². The predicted octanol–water partition coefficient (Wildman–Crippen LogP) is 4.28. The minimum Gasteiger partial charge on any atom is -0.870 e. The van der Waals surface area contributed by atoms with Gasteiger partial charge in [-0.05, 0) is 114 Å². The van der Waals surface area contributed by atoms with Crippen molar-refractivity contribution in [3.05, 3.63) is 68.7 Å². The molecule has 5 heterocycles. The average molecular weight is 1040 g/mol. The fraction of sp³-hybridized carbons (Fsp3) is 0.569. The number of methoxy groups -OCH3 is 2. The number of aromatic nitrogens is 8. The molecule has 0 spiro atoms. The van der Waals surface area contributed by atoms with E-state index in [0.717, 1.165) is 124 Å². The first-order valence-electron chi connectivity index (χ1n) is 24.7. The molecule has 24 heteroatoms. The molecule has 0 aromatic carbocycles. The molecule has 4 aliphatic rings. The zero-order valence-electron chi connectivity index (χ0n) is 44.8. The van der Waals surface area contributed by atoms with Gasteiger partial charge in [0.15, 0.2) is 22.7 Å². The summed E-state index contributed by atoms with van der Waals surface area (Å²) in [5.74, 6) is -2.52. The maximum Gasteiger partial charge on any atom is 1.00 e. The number of hydrogen-bond donors (Lipinski definition) is 5. The quantitative estimate of drug-likeness (QED) is 0.0476. The van der Waals surface area contributed by atoms with Gasteiger partial charge in [0.25, 0.3) is 0 Å². The Labute approximate surface area is 450 Å². The normalized spacial score (nSPS) is 14.8. The second-order valence-electron chi connectivity index (χ2n) is 18.9. The van der Waals surface area contributed by atoms with E-state index in [1.165, 1.54) is 43.2 Å². The van der Waals surface area contributed by atoms with Crippen LogP contribution in [0, 0.1) is 34.2 Å². The van der Waals surface area contributed by atoms with Crippen LogP contribution in [0.2, 0.25) is 0 Å². The van der Waals surface area contributed by atoms with E-state index >= 15 is 0 Å². The molecule has 4 aliphatic carbocycles. The van der Waals surface area contributed by atoms with Gasteiger partial charge in [-0.2, -0.15) is 20.6 Å². The van der Waals surface area contributed by atoms with Gasteiger partial charge >= 0.3 is 36.8 Å². The third-order valence-electron chi connectivity index (χ3n) is 12.8. The maximum atomic E-state index is 11.8.